The Labute approximate surface area is 114 Å². The maximum absolute atomic E-state index is 12.5. The van der Waals surface area contributed by atoms with Crippen molar-refractivity contribution in [2.24, 2.45) is 11.1 Å². The van der Waals surface area contributed by atoms with Crippen LogP contribution in [0.1, 0.15) is 19.8 Å². The molecule has 2 rings (SSSR count). The second-order valence-electron chi connectivity index (χ2n) is 4.82. The van der Waals surface area contributed by atoms with E-state index in [9.17, 15) is 8.42 Å². The Bertz CT molecular complexity index is 431. The van der Waals surface area contributed by atoms with Crippen LogP contribution in [0.4, 0.5) is 0 Å². The number of piperidine rings is 1. The second-order valence-corrected chi connectivity index (χ2v) is 6.75. The van der Waals surface area contributed by atoms with Gasteiger partial charge in [-0.1, -0.05) is 12.1 Å². The molecule has 8 heteroatoms. The average molecular weight is 291 g/mol. The smallest absolute Gasteiger partial charge is 0.282 e. The SMILES string of the molecule is CCC1CN(S(=O)(=O)N2CCOCC2)CCC1=NO. The molecular formula is C11H21N3O4S. The van der Waals surface area contributed by atoms with Crippen molar-refractivity contribution in [1.29, 1.82) is 0 Å². The predicted octanol–water partition coefficient (Wildman–Crippen LogP) is 0.126. The molecule has 2 heterocycles. The van der Waals surface area contributed by atoms with Gasteiger partial charge in [0.15, 0.2) is 0 Å². The van der Waals surface area contributed by atoms with Crippen molar-refractivity contribution in [2.45, 2.75) is 19.8 Å². The highest BCUT2D eigenvalue weighted by Crippen LogP contribution is 2.22. The molecule has 0 spiro atoms. The van der Waals surface area contributed by atoms with E-state index in [1.807, 2.05) is 6.92 Å². The third-order valence-electron chi connectivity index (χ3n) is 3.76. The van der Waals surface area contributed by atoms with Gasteiger partial charge in [-0.15, -0.1) is 0 Å². The summed E-state index contributed by atoms with van der Waals surface area (Å²) in [4.78, 5) is 0. The van der Waals surface area contributed by atoms with Crippen molar-refractivity contribution in [3.8, 4) is 0 Å². The van der Waals surface area contributed by atoms with Crippen molar-refractivity contribution >= 4 is 15.9 Å². The molecule has 7 nitrogen and oxygen atoms in total. The average Bonchev–Trinajstić information content (AvgIpc) is 2.47. The predicted molar refractivity (Wildman–Crippen MR) is 70.5 cm³/mol. The lowest BCUT2D eigenvalue weighted by Gasteiger charge is -2.36. The summed E-state index contributed by atoms with van der Waals surface area (Å²) < 4.78 is 33.1. The van der Waals surface area contributed by atoms with Crippen LogP contribution in [-0.4, -0.2) is 67.3 Å². The van der Waals surface area contributed by atoms with E-state index in [1.54, 1.807) is 0 Å². The van der Waals surface area contributed by atoms with Crippen LogP contribution in [0.25, 0.3) is 0 Å². The lowest BCUT2D eigenvalue weighted by Crippen LogP contribution is -2.52. The van der Waals surface area contributed by atoms with Crippen molar-refractivity contribution in [3.05, 3.63) is 0 Å². The van der Waals surface area contributed by atoms with Crippen molar-refractivity contribution in [1.82, 2.24) is 8.61 Å². The molecule has 2 fully saturated rings. The summed E-state index contributed by atoms with van der Waals surface area (Å²) in [5.74, 6) is 0.00886. The van der Waals surface area contributed by atoms with Crippen LogP contribution in [0.5, 0.6) is 0 Å². The van der Waals surface area contributed by atoms with Gasteiger partial charge in [-0.3, -0.25) is 0 Å². The summed E-state index contributed by atoms with van der Waals surface area (Å²) in [6, 6.07) is 0. The summed E-state index contributed by atoms with van der Waals surface area (Å²) >= 11 is 0. The zero-order chi connectivity index (χ0) is 13.9. The van der Waals surface area contributed by atoms with E-state index in [0.29, 0.717) is 51.5 Å². The largest absolute Gasteiger partial charge is 0.411 e. The van der Waals surface area contributed by atoms with Gasteiger partial charge >= 0.3 is 0 Å². The Morgan fingerprint density at radius 3 is 2.58 bits per heavy atom. The van der Waals surface area contributed by atoms with Gasteiger partial charge in [0.05, 0.1) is 18.9 Å². The van der Waals surface area contributed by atoms with Crippen LogP contribution in [0.15, 0.2) is 5.16 Å². The minimum atomic E-state index is -3.41. The zero-order valence-corrected chi connectivity index (χ0v) is 12.0. The van der Waals surface area contributed by atoms with Crippen LogP contribution < -0.4 is 0 Å². The zero-order valence-electron chi connectivity index (χ0n) is 11.2. The van der Waals surface area contributed by atoms with Crippen LogP contribution >= 0.6 is 0 Å². The number of oxime groups is 1. The monoisotopic (exact) mass is 291 g/mol. The van der Waals surface area contributed by atoms with Crippen LogP contribution in [0.3, 0.4) is 0 Å². The molecule has 1 unspecified atom stereocenters. The highest BCUT2D eigenvalue weighted by Gasteiger charge is 2.36. The summed E-state index contributed by atoms with van der Waals surface area (Å²) in [5, 5.41) is 12.2. The minimum Gasteiger partial charge on any atom is -0.411 e. The first kappa shape index (κ1) is 14.7. The summed E-state index contributed by atoms with van der Waals surface area (Å²) in [7, 11) is -3.41. The fourth-order valence-corrected chi connectivity index (χ4v) is 4.16. The molecule has 0 saturated carbocycles. The third-order valence-corrected chi connectivity index (χ3v) is 5.76. The molecule has 0 aliphatic carbocycles. The fourth-order valence-electron chi connectivity index (χ4n) is 2.53. The molecule has 0 amide bonds. The molecule has 0 aromatic carbocycles. The van der Waals surface area contributed by atoms with E-state index in [2.05, 4.69) is 5.16 Å². The first-order chi connectivity index (χ1) is 9.09. The number of nitrogens with zero attached hydrogens (tertiary/aromatic N) is 3. The van der Waals surface area contributed by atoms with E-state index in [4.69, 9.17) is 9.94 Å². The lowest BCUT2D eigenvalue weighted by molar-refractivity contribution is 0.0698. The fraction of sp³-hybridized carbons (Fsp3) is 0.909. The maximum atomic E-state index is 12.5. The summed E-state index contributed by atoms with van der Waals surface area (Å²) in [6.45, 7) is 4.49. The third kappa shape index (κ3) is 3.07. The first-order valence-corrected chi connectivity index (χ1v) is 8.03. The molecular weight excluding hydrogens is 270 g/mol. The Balaban J connectivity index is 2.09. The van der Waals surface area contributed by atoms with Crippen molar-refractivity contribution in [3.63, 3.8) is 0 Å². The Kier molecular flexibility index (Phi) is 4.77. The Morgan fingerprint density at radius 2 is 2.00 bits per heavy atom. The number of rotatable bonds is 3. The summed E-state index contributed by atoms with van der Waals surface area (Å²) in [5.41, 5.74) is 0.705. The van der Waals surface area contributed by atoms with E-state index >= 15 is 0 Å². The van der Waals surface area contributed by atoms with Gasteiger partial charge < -0.3 is 9.94 Å². The van der Waals surface area contributed by atoms with E-state index < -0.39 is 10.2 Å². The van der Waals surface area contributed by atoms with Crippen LogP contribution in [0.2, 0.25) is 0 Å². The topological polar surface area (TPSA) is 82.4 Å². The molecule has 0 aromatic heterocycles. The molecule has 0 bridgehead atoms. The van der Waals surface area contributed by atoms with Gasteiger partial charge in [0, 0.05) is 38.5 Å². The van der Waals surface area contributed by atoms with Crippen molar-refractivity contribution < 1.29 is 18.4 Å². The van der Waals surface area contributed by atoms with Gasteiger partial charge in [-0.25, -0.2) is 0 Å². The number of hydrogen-bond donors (Lipinski definition) is 1. The highest BCUT2D eigenvalue weighted by molar-refractivity contribution is 7.86. The number of morpholine rings is 1. The molecule has 0 aromatic rings. The molecule has 2 aliphatic rings. The van der Waals surface area contributed by atoms with Gasteiger partial charge in [-0.05, 0) is 6.42 Å². The van der Waals surface area contributed by atoms with Gasteiger partial charge in [-0.2, -0.15) is 17.0 Å². The molecule has 1 atom stereocenters. The van der Waals surface area contributed by atoms with E-state index in [-0.39, 0.29) is 5.92 Å². The highest BCUT2D eigenvalue weighted by atomic mass is 32.2. The lowest BCUT2D eigenvalue weighted by atomic mass is 9.95. The normalized spacial score (nSPS) is 29.7. The minimum absolute atomic E-state index is 0.00886. The molecule has 2 saturated heterocycles. The van der Waals surface area contributed by atoms with E-state index in [0.717, 1.165) is 6.42 Å². The van der Waals surface area contributed by atoms with Gasteiger partial charge in [0.2, 0.25) is 0 Å². The molecule has 0 radical (unpaired) electrons. The molecule has 110 valence electrons. The number of ether oxygens (including phenoxy) is 1. The number of hydrogen-bond acceptors (Lipinski definition) is 5. The standard InChI is InChI=1S/C11H21N3O4S/c1-2-10-9-14(4-3-11(10)12-15)19(16,17)13-5-7-18-8-6-13/h10,15H,2-9H2,1H3. The van der Waals surface area contributed by atoms with Gasteiger partial charge in [0.1, 0.15) is 0 Å². The van der Waals surface area contributed by atoms with E-state index in [1.165, 1.54) is 8.61 Å². The Hall–Kier alpha value is -0.700. The van der Waals surface area contributed by atoms with Crippen LogP contribution in [0, 0.1) is 5.92 Å². The molecule has 19 heavy (non-hydrogen) atoms. The Morgan fingerprint density at radius 1 is 1.32 bits per heavy atom. The van der Waals surface area contributed by atoms with Crippen LogP contribution in [-0.2, 0) is 14.9 Å². The molecule has 1 N–H and O–H groups in total. The quantitative estimate of drug-likeness (QED) is 0.591. The summed E-state index contributed by atoms with van der Waals surface area (Å²) in [6.07, 6.45) is 1.27. The molecule has 2 aliphatic heterocycles. The van der Waals surface area contributed by atoms with Crippen molar-refractivity contribution in [2.75, 3.05) is 39.4 Å². The first-order valence-electron chi connectivity index (χ1n) is 6.63. The maximum Gasteiger partial charge on any atom is 0.282 e. The van der Waals surface area contributed by atoms with Gasteiger partial charge in [0.25, 0.3) is 10.2 Å². The second kappa shape index (κ2) is 6.17.